The third-order valence-electron chi connectivity index (χ3n) is 3.33. The minimum Gasteiger partial charge on any atom is -0.325 e. The first-order chi connectivity index (χ1) is 12.4. The Bertz CT molecular complexity index is 1020. The highest BCUT2D eigenvalue weighted by Crippen LogP contribution is 2.29. The molecule has 0 atom stereocenters. The van der Waals surface area contributed by atoms with E-state index < -0.39 is 26.4 Å². The number of thiophene rings is 1. The summed E-state index contributed by atoms with van der Waals surface area (Å²) >= 11 is 2.92. The van der Waals surface area contributed by atoms with Crippen molar-refractivity contribution in [2.45, 2.75) is 17.1 Å². The molecule has 1 aromatic carbocycles. The van der Waals surface area contributed by atoms with Crippen LogP contribution < -0.4 is 5.32 Å². The first-order valence-corrected chi connectivity index (χ1v) is 10.6. The number of thiazole rings is 1. The molecule has 0 aliphatic heterocycles. The molecule has 0 aliphatic carbocycles. The van der Waals surface area contributed by atoms with E-state index in [1.807, 2.05) is 17.5 Å². The Morgan fingerprint density at radius 3 is 2.62 bits per heavy atom. The van der Waals surface area contributed by atoms with E-state index in [0.717, 1.165) is 16.0 Å². The van der Waals surface area contributed by atoms with E-state index >= 15 is 0 Å². The van der Waals surface area contributed by atoms with Crippen LogP contribution in [0.5, 0.6) is 0 Å². The monoisotopic (exact) mass is 414 g/mol. The average molecular weight is 414 g/mol. The second-order valence-corrected chi connectivity index (χ2v) is 8.84. The number of sulfone groups is 1. The molecule has 0 saturated heterocycles. The summed E-state index contributed by atoms with van der Waals surface area (Å²) in [6.07, 6.45) is -0.0923. The minimum atomic E-state index is -4.81. The van der Waals surface area contributed by atoms with Crippen LogP contribution >= 0.6 is 22.7 Å². The Kier molecular flexibility index (Phi) is 5.44. The number of anilines is 1. The van der Waals surface area contributed by atoms with E-state index in [4.69, 9.17) is 0 Å². The lowest BCUT2D eigenvalue weighted by atomic mass is 10.3. The van der Waals surface area contributed by atoms with E-state index in [1.54, 1.807) is 5.38 Å². The lowest BCUT2D eigenvalue weighted by Crippen LogP contribution is -2.19. The molecule has 2 heterocycles. The van der Waals surface area contributed by atoms with E-state index in [2.05, 4.69) is 10.3 Å². The Morgan fingerprint density at radius 2 is 1.92 bits per heavy atom. The number of carbonyl (C=O) groups is 1. The Hall–Kier alpha value is -2.17. The summed E-state index contributed by atoms with van der Waals surface area (Å²) < 4.78 is 49.0. The minimum absolute atomic E-state index is 0.0923. The molecule has 0 radical (unpaired) electrons. The van der Waals surface area contributed by atoms with E-state index in [9.17, 15) is 22.0 Å². The summed E-state index contributed by atoms with van der Waals surface area (Å²) in [5, 5.41) is 6.81. The zero-order valence-electron chi connectivity index (χ0n) is 13.1. The number of hydrogen-bond donors (Lipinski definition) is 1. The van der Waals surface area contributed by atoms with Crippen molar-refractivity contribution in [3.05, 3.63) is 52.9 Å². The number of alkyl halides is 2. The fourth-order valence-corrected chi connectivity index (χ4v) is 4.69. The number of benzene rings is 1. The SMILES string of the molecule is O=C(Cc1csc(-c2cccs2)n1)Nc1ccccc1S(=O)(=O)C(F)F. The summed E-state index contributed by atoms with van der Waals surface area (Å²) in [6.45, 7) is 0. The van der Waals surface area contributed by atoms with Gasteiger partial charge in [-0.15, -0.1) is 22.7 Å². The molecule has 0 unspecified atom stereocenters. The van der Waals surface area contributed by atoms with Gasteiger partial charge in [0, 0.05) is 5.38 Å². The lowest BCUT2D eigenvalue weighted by molar-refractivity contribution is -0.115. The second-order valence-electron chi connectivity index (χ2n) is 5.15. The first-order valence-electron chi connectivity index (χ1n) is 7.27. The van der Waals surface area contributed by atoms with Gasteiger partial charge in [-0.05, 0) is 23.6 Å². The fraction of sp³-hybridized carbons (Fsp3) is 0.125. The molecule has 3 aromatic rings. The third kappa shape index (κ3) is 3.97. The molecule has 3 rings (SSSR count). The maximum Gasteiger partial charge on any atom is 0.341 e. The van der Waals surface area contributed by atoms with Gasteiger partial charge in [0.25, 0.3) is 0 Å². The van der Waals surface area contributed by atoms with Crippen LogP contribution in [0.2, 0.25) is 0 Å². The predicted molar refractivity (Wildman–Crippen MR) is 97.4 cm³/mol. The second kappa shape index (κ2) is 7.60. The summed E-state index contributed by atoms with van der Waals surface area (Å²) in [4.78, 5) is 16.9. The van der Waals surface area contributed by atoms with Crippen molar-refractivity contribution in [2.24, 2.45) is 0 Å². The third-order valence-corrected chi connectivity index (χ3v) is 6.70. The van der Waals surface area contributed by atoms with Gasteiger partial charge in [-0.3, -0.25) is 4.79 Å². The quantitative estimate of drug-likeness (QED) is 0.660. The summed E-state index contributed by atoms with van der Waals surface area (Å²) in [7, 11) is -4.81. The molecule has 136 valence electrons. The molecule has 2 aromatic heterocycles. The van der Waals surface area contributed by atoms with Gasteiger partial charge in [-0.25, -0.2) is 13.4 Å². The number of amides is 1. The van der Waals surface area contributed by atoms with Crippen LogP contribution in [-0.4, -0.2) is 25.1 Å². The molecule has 0 spiro atoms. The zero-order chi connectivity index (χ0) is 18.7. The van der Waals surface area contributed by atoms with Gasteiger partial charge >= 0.3 is 5.76 Å². The van der Waals surface area contributed by atoms with Crippen molar-refractivity contribution in [3.63, 3.8) is 0 Å². The molecule has 26 heavy (non-hydrogen) atoms. The van der Waals surface area contributed by atoms with Crippen molar-refractivity contribution < 1.29 is 22.0 Å². The van der Waals surface area contributed by atoms with E-state index in [-0.39, 0.29) is 12.1 Å². The highest BCUT2D eigenvalue weighted by molar-refractivity contribution is 7.91. The maximum atomic E-state index is 12.8. The normalized spacial score (nSPS) is 11.7. The van der Waals surface area contributed by atoms with Gasteiger partial charge in [-0.1, -0.05) is 18.2 Å². The zero-order valence-corrected chi connectivity index (χ0v) is 15.5. The Balaban J connectivity index is 1.75. The molecule has 1 amide bonds. The lowest BCUT2D eigenvalue weighted by Gasteiger charge is -2.10. The molecule has 5 nitrogen and oxygen atoms in total. The number of rotatable bonds is 6. The largest absolute Gasteiger partial charge is 0.341 e. The Morgan fingerprint density at radius 1 is 1.15 bits per heavy atom. The van der Waals surface area contributed by atoms with Crippen LogP contribution in [0.1, 0.15) is 5.69 Å². The number of aromatic nitrogens is 1. The van der Waals surface area contributed by atoms with E-state index in [0.29, 0.717) is 5.69 Å². The summed E-state index contributed by atoms with van der Waals surface area (Å²) in [5.41, 5.74) is 0.344. The number of nitrogens with zero attached hydrogens (tertiary/aromatic N) is 1. The number of carbonyl (C=O) groups excluding carboxylic acids is 1. The van der Waals surface area contributed by atoms with Crippen molar-refractivity contribution in [2.75, 3.05) is 5.32 Å². The van der Waals surface area contributed by atoms with Gasteiger partial charge in [0.15, 0.2) is 0 Å². The van der Waals surface area contributed by atoms with E-state index in [1.165, 1.54) is 40.9 Å². The van der Waals surface area contributed by atoms with Crippen LogP contribution in [0.15, 0.2) is 52.1 Å². The van der Waals surface area contributed by atoms with Gasteiger partial charge in [0.2, 0.25) is 15.7 Å². The average Bonchev–Trinajstić information content (AvgIpc) is 3.26. The van der Waals surface area contributed by atoms with Gasteiger partial charge in [-0.2, -0.15) is 8.78 Å². The predicted octanol–water partition coefficient (Wildman–Crippen LogP) is 4.05. The standard InChI is InChI=1S/C16H12F2N2O3S3/c17-16(18)26(22,23)13-6-2-1-4-11(13)20-14(21)8-10-9-25-15(19-10)12-5-3-7-24-12/h1-7,9,16H,8H2,(H,20,21). The van der Waals surface area contributed by atoms with Crippen molar-refractivity contribution in [3.8, 4) is 9.88 Å². The molecule has 0 aliphatic rings. The van der Waals surface area contributed by atoms with Crippen LogP contribution in [0.3, 0.4) is 0 Å². The van der Waals surface area contributed by atoms with Gasteiger partial charge in [0.05, 0.1) is 27.6 Å². The van der Waals surface area contributed by atoms with Crippen molar-refractivity contribution in [1.29, 1.82) is 0 Å². The molecule has 0 fully saturated rings. The number of para-hydroxylation sites is 1. The van der Waals surface area contributed by atoms with Crippen molar-refractivity contribution in [1.82, 2.24) is 4.98 Å². The van der Waals surface area contributed by atoms with Crippen LogP contribution in [-0.2, 0) is 21.1 Å². The Labute approximate surface area is 156 Å². The molecule has 0 saturated carbocycles. The summed E-state index contributed by atoms with van der Waals surface area (Å²) in [5.74, 6) is -4.10. The van der Waals surface area contributed by atoms with Gasteiger partial charge < -0.3 is 5.32 Å². The highest BCUT2D eigenvalue weighted by atomic mass is 32.2. The van der Waals surface area contributed by atoms with Crippen LogP contribution in [0.25, 0.3) is 9.88 Å². The molecular formula is C16H12F2N2O3S3. The first kappa shape index (κ1) is 18.6. The smallest absolute Gasteiger partial charge is 0.325 e. The number of halogens is 2. The molecular weight excluding hydrogens is 402 g/mol. The topological polar surface area (TPSA) is 76.1 Å². The fourth-order valence-electron chi connectivity index (χ4n) is 2.17. The number of nitrogens with one attached hydrogen (secondary N) is 1. The van der Waals surface area contributed by atoms with Crippen molar-refractivity contribution >= 4 is 44.1 Å². The molecule has 10 heteroatoms. The van der Waals surface area contributed by atoms with Crippen LogP contribution in [0, 0.1) is 0 Å². The molecule has 0 bridgehead atoms. The highest BCUT2D eigenvalue weighted by Gasteiger charge is 2.29. The molecule has 1 N–H and O–H groups in total. The maximum absolute atomic E-state index is 12.8. The van der Waals surface area contributed by atoms with Gasteiger partial charge in [0.1, 0.15) is 5.01 Å². The van der Waals surface area contributed by atoms with Crippen LogP contribution in [0.4, 0.5) is 14.5 Å². The summed E-state index contributed by atoms with van der Waals surface area (Å²) in [6, 6.07) is 8.89. The number of hydrogen-bond acceptors (Lipinski definition) is 6.